The first kappa shape index (κ1) is 22.7. The lowest BCUT2D eigenvalue weighted by Crippen LogP contribution is -2.36. The van der Waals surface area contributed by atoms with Crippen LogP contribution in [0.5, 0.6) is 0 Å². The maximum atomic E-state index is 12.6. The summed E-state index contributed by atoms with van der Waals surface area (Å²) < 4.78 is 5.96. The monoisotopic (exact) mass is 479 g/mol. The lowest BCUT2D eigenvalue weighted by molar-refractivity contribution is -0.797. The summed E-state index contributed by atoms with van der Waals surface area (Å²) in [5.74, 6) is -1.32. The summed E-state index contributed by atoms with van der Waals surface area (Å²) in [6, 6.07) is 6.98. The molecule has 1 aromatic carbocycles. The van der Waals surface area contributed by atoms with Gasteiger partial charge in [0.05, 0.1) is 12.0 Å². The Morgan fingerprint density at radius 2 is 1.76 bits per heavy atom. The molecule has 1 aliphatic heterocycles. The second-order valence-electron chi connectivity index (χ2n) is 7.93. The zero-order chi connectivity index (χ0) is 23.9. The van der Waals surface area contributed by atoms with Crippen molar-refractivity contribution >= 4 is 17.6 Å². The van der Waals surface area contributed by atoms with Crippen LogP contribution < -0.4 is 0 Å². The van der Waals surface area contributed by atoms with Crippen LogP contribution in [0, 0.1) is 27.2 Å². The number of halogens is 1. The lowest BCUT2D eigenvalue weighted by atomic mass is 9.74. The smallest absolute Gasteiger partial charge is 0.314 e. The van der Waals surface area contributed by atoms with Gasteiger partial charge in [0.25, 0.3) is 10.2 Å². The molecule has 2 aliphatic rings. The standard InChI is InChI=1S/C20H18ClN3O9/c1-10-17(14-9-31-18(13(14)8-22-10)11-2-4-12(21)5-3-11)20(19(25)26)6-15(32-23(27)28)16(7-20)33-24(29)30/h2-5,8,15-16,18H,6-7,9H2,1H3,(H,25,26)/t15-,16-,18?/m1/s1. The van der Waals surface area contributed by atoms with E-state index in [0.29, 0.717) is 27.4 Å². The molecule has 0 saturated heterocycles. The number of benzene rings is 1. The fraction of sp³-hybridized carbons (Fsp3) is 0.400. The Morgan fingerprint density at radius 3 is 2.27 bits per heavy atom. The molecule has 0 radical (unpaired) electrons. The molecule has 1 aromatic heterocycles. The largest absolute Gasteiger partial charge is 0.481 e. The number of carboxylic acid groups (broad SMARTS) is 1. The molecular formula is C20H18ClN3O9. The minimum Gasteiger partial charge on any atom is -0.481 e. The number of aliphatic carboxylic acids is 1. The van der Waals surface area contributed by atoms with Crippen molar-refractivity contribution in [2.24, 2.45) is 0 Å². The average Bonchev–Trinajstić information content (AvgIpc) is 3.30. The molecule has 33 heavy (non-hydrogen) atoms. The van der Waals surface area contributed by atoms with Crippen LogP contribution in [0.3, 0.4) is 0 Å². The third kappa shape index (κ3) is 4.02. The number of aromatic nitrogens is 1. The Balaban J connectivity index is 1.81. The Morgan fingerprint density at radius 1 is 1.18 bits per heavy atom. The summed E-state index contributed by atoms with van der Waals surface area (Å²) in [7, 11) is 0. The summed E-state index contributed by atoms with van der Waals surface area (Å²) >= 11 is 5.97. The zero-order valence-electron chi connectivity index (χ0n) is 17.2. The third-order valence-electron chi connectivity index (χ3n) is 6.10. The van der Waals surface area contributed by atoms with Gasteiger partial charge in [0.1, 0.15) is 18.3 Å². The number of hydrogen-bond donors (Lipinski definition) is 1. The van der Waals surface area contributed by atoms with Gasteiger partial charge in [0.15, 0.2) is 0 Å². The summed E-state index contributed by atoms with van der Waals surface area (Å²) in [6.07, 6.45) is -2.65. The van der Waals surface area contributed by atoms with Crippen molar-refractivity contribution in [3.63, 3.8) is 0 Å². The van der Waals surface area contributed by atoms with E-state index in [-0.39, 0.29) is 6.61 Å². The number of aryl methyl sites for hydroxylation is 1. The van der Waals surface area contributed by atoms with Crippen molar-refractivity contribution in [3.8, 4) is 0 Å². The molecule has 0 spiro atoms. The van der Waals surface area contributed by atoms with E-state index in [0.717, 1.165) is 5.56 Å². The second-order valence-corrected chi connectivity index (χ2v) is 8.36. The van der Waals surface area contributed by atoms with Gasteiger partial charge in [0, 0.05) is 22.5 Å². The Hall–Kier alpha value is -3.51. The van der Waals surface area contributed by atoms with Gasteiger partial charge in [-0.1, -0.05) is 23.7 Å². The van der Waals surface area contributed by atoms with Gasteiger partial charge in [-0.05, 0) is 48.6 Å². The molecule has 13 heteroatoms. The van der Waals surface area contributed by atoms with Crippen molar-refractivity contribution in [1.29, 1.82) is 0 Å². The maximum absolute atomic E-state index is 12.6. The van der Waals surface area contributed by atoms with E-state index in [9.17, 15) is 30.1 Å². The Labute approximate surface area is 191 Å². The van der Waals surface area contributed by atoms with E-state index in [1.54, 1.807) is 37.4 Å². The molecule has 1 unspecified atom stereocenters. The highest BCUT2D eigenvalue weighted by molar-refractivity contribution is 6.30. The predicted octanol–water partition coefficient (Wildman–Crippen LogP) is 2.93. The molecule has 12 nitrogen and oxygen atoms in total. The minimum atomic E-state index is -1.76. The van der Waals surface area contributed by atoms with Gasteiger partial charge in [-0.15, -0.1) is 20.2 Å². The third-order valence-corrected chi connectivity index (χ3v) is 6.36. The van der Waals surface area contributed by atoms with E-state index >= 15 is 0 Å². The molecule has 2 aromatic rings. The normalized spacial score (nSPS) is 23.0. The highest BCUT2D eigenvalue weighted by atomic mass is 35.5. The van der Waals surface area contributed by atoms with E-state index in [1.807, 2.05) is 0 Å². The van der Waals surface area contributed by atoms with E-state index in [2.05, 4.69) is 14.7 Å². The first-order valence-corrected chi connectivity index (χ1v) is 10.2. The van der Waals surface area contributed by atoms with Gasteiger partial charge in [-0.25, -0.2) is 0 Å². The van der Waals surface area contributed by atoms with Crippen molar-refractivity contribution < 1.29 is 34.5 Å². The molecule has 2 heterocycles. The molecule has 174 valence electrons. The van der Waals surface area contributed by atoms with E-state index in [1.165, 1.54) is 0 Å². The molecule has 0 bridgehead atoms. The van der Waals surface area contributed by atoms with Crippen LogP contribution in [0.15, 0.2) is 30.5 Å². The SMILES string of the molecule is Cc1ncc2c(c1C1(C(=O)O)C[C@@H](O[N+](=O)[O-])[C@H](O[N+](=O)[O-])C1)COC2c1ccc(Cl)cc1. The van der Waals surface area contributed by atoms with Crippen molar-refractivity contribution in [2.75, 3.05) is 0 Å². The summed E-state index contributed by atoms with van der Waals surface area (Å²) in [5, 5.41) is 30.5. The molecule has 1 fully saturated rings. The van der Waals surface area contributed by atoms with Gasteiger partial charge < -0.3 is 19.5 Å². The van der Waals surface area contributed by atoms with Crippen LogP contribution >= 0.6 is 11.6 Å². The molecular weight excluding hydrogens is 462 g/mol. The average molecular weight is 480 g/mol. The fourth-order valence-corrected chi connectivity index (χ4v) is 4.93. The van der Waals surface area contributed by atoms with Crippen LogP contribution in [-0.4, -0.2) is 38.4 Å². The first-order valence-electron chi connectivity index (χ1n) is 9.84. The molecule has 3 atom stereocenters. The van der Waals surface area contributed by atoms with E-state index in [4.69, 9.17) is 16.3 Å². The van der Waals surface area contributed by atoms with Crippen molar-refractivity contribution in [2.45, 2.75) is 50.1 Å². The van der Waals surface area contributed by atoms with Crippen LogP contribution in [0.4, 0.5) is 0 Å². The highest BCUT2D eigenvalue weighted by Gasteiger charge is 2.57. The van der Waals surface area contributed by atoms with Gasteiger partial charge in [0.2, 0.25) is 0 Å². The lowest BCUT2D eigenvalue weighted by Gasteiger charge is -2.28. The fourth-order valence-electron chi connectivity index (χ4n) is 4.81. The number of hydrogen-bond acceptors (Lipinski definition) is 9. The van der Waals surface area contributed by atoms with Crippen LogP contribution in [-0.2, 0) is 31.2 Å². The van der Waals surface area contributed by atoms with Crippen molar-refractivity contribution in [1.82, 2.24) is 4.98 Å². The summed E-state index contributed by atoms with van der Waals surface area (Å²) in [5.41, 5.74) is 0.917. The summed E-state index contributed by atoms with van der Waals surface area (Å²) in [6.45, 7) is 1.68. The molecule has 1 aliphatic carbocycles. The second kappa shape index (κ2) is 8.45. The molecule has 1 saturated carbocycles. The summed E-state index contributed by atoms with van der Waals surface area (Å²) in [4.78, 5) is 48.0. The first-order chi connectivity index (χ1) is 15.6. The van der Waals surface area contributed by atoms with Crippen LogP contribution in [0.25, 0.3) is 0 Å². The van der Waals surface area contributed by atoms with E-state index < -0.39 is 52.7 Å². The Kier molecular flexibility index (Phi) is 5.80. The van der Waals surface area contributed by atoms with Gasteiger partial charge in [-0.3, -0.25) is 9.78 Å². The minimum absolute atomic E-state index is 0.0673. The zero-order valence-corrected chi connectivity index (χ0v) is 17.9. The van der Waals surface area contributed by atoms with Gasteiger partial charge >= 0.3 is 5.97 Å². The molecule has 1 N–H and O–H groups in total. The van der Waals surface area contributed by atoms with Gasteiger partial charge in [-0.2, -0.15) is 0 Å². The topological polar surface area (TPSA) is 164 Å². The number of pyridine rings is 1. The number of rotatable bonds is 7. The maximum Gasteiger partial charge on any atom is 0.314 e. The Bertz CT molecular complexity index is 1100. The molecule has 0 amide bonds. The highest BCUT2D eigenvalue weighted by Crippen LogP contribution is 2.49. The molecule has 4 rings (SSSR count). The number of carbonyl (C=O) groups is 1. The predicted molar refractivity (Wildman–Crippen MR) is 109 cm³/mol. The van der Waals surface area contributed by atoms with Crippen LogP contribution in [0.1, 0.15) is 46.9 Å². The number of ether oxygens (including phenoxy) is 1. The quantitative estimate of drug-likeness (QED) is 0.461. The number of carboxylic acids is 1. The number of nitrogens with zero attached hydrogens (tertiary/aromatic N) is 3. The van der Waals surface area contributed by atoms with Crippen LogP contribution in [0.2, 0.25) is 5.02 Å². The number of fused-ring (bicyclic) bond motifs is 1. The van der Waals surface area contributed by atoms with Crippen molar-refractivity contribution in [3.05, 3.63) is 83.7 Å².